The summed E-state index contributed by atoms with van der Waals surface area (Å²) in [7, 11) is 0. The summed E-state index contributed by atoms with van der Waals surface area (Å²) in [6.45, 7) is 10.5. The lowest BCUT2D eigenvalue weighted by atomic mass is 9.89. The minimum absolute atomic E-state index is 0.0824. The molecule has 1 amide bonds. The summed E-state index contributed by atoms with van der Waals surface area (Å²) in [5.74, 6) is 1.19. The maximum Gasteiger partial charge on any atom is 0.289 e. The minimum atomic E-state index is -0.0824. The molecule has 0 bridgehead atoms. The number of hydrogen-bond donors (Lipinski definition) is 2. The third-order valence-corrected chi connectivity index (χ3v) is 6.53. The highest BCUT2D eigenvalue weighted by atomic mass is 16.3. The molecule has 1 aliphatic rings. The lowest BCUT2D eigenvalue weighted by Crippen LogP contribution is -2.47. The van der Waals surface area contributed by atoms with Crippen LogP contribution in [0.5, 0.6) is 0 Å². The first-order valence-electron chi connectivity index (χ1n) is 11.5. The summed E-state index contributed by atoms with van der Waals surface area (Å²) < 4.78 is 5.94. The van der Waals surface area contributed by atoms with Gasteiger partial charge in [-0.3, -0.25) is 4.79 Å². The SMILES string of the molecule is [C-]#[N+]c1ccc2nc(C(=O)N(CC)[C@H]3CCC[C@@H](NCc4cc5ccccc5o4)C3)[nH]c2c1. The quantitative estimate of drug-likeness (QED) is 0.392. The number of imidazole rings is 1. The maximum absolute atomic E-state index is 13.3. The highest BCUT2D eigenvalue weighted by Crippen LogP contribution is 2.26. The van der Waals surface area contributed by atoms with Gasteiger partial charge in [-0.05, 0) is 56.9 Å². The number of carbonyl (C=O) groups is 1. The lowest BCUT2D eigenvalue weighted by molar-refractivity contribution is 0.0616. The number of para-hydroxylation sites is 1. The van der Waals surface area contributed by atoms with Crippen LogP contribution in [-0.2, 0) is 6.54 Å². The van der Waals surface area contributed by atoms with Crippen molar-refractivity contribution in [1.82, 2.24) is 20.2 Å². The largest absolute Gasteiger partial charge is 0.460 e. The molecule has 4 aromatic rings. The van der Waals surface area contributed by atoms with Gasteiger partial charge in [0.2, 0.25) is 0 Å². The van der Waals surface area contributed by atoms with Crippen molar-refractivity contribution in [2.45, 2.75) is 51.2 Å². The smallest absolute Gasteiger partial charge is 0.289 e. The van der Waals surface area contributed by atoms with E-state index in [-0.39, 0.29) is 11.9 Å². The molecule has 0 saturated heterocycles. The van der Waals surface area contributed by atoms with Crippen molar-refractivity contribution < 1.29 is 9.21 Å². The summed E-state index contributed by atoms with van der Waals surface area (Å²) in [5.41, 5.74) is 2.86. The third kappa shape index (κ3) is 4.35. The number of nitrogens with zero attached hydrogens (tertiary/aromatic N) is 3. The van der Waals surface area contributed by atoms with Crippen LogP contribution in [0.15, 0.2) is 52.9 Å². The van der Waals surface area contributed by atoms with Gasteiger partial charge in [0.05, 0.1) is 24.2 Å². The summed E-state index contributed by atoms with van der Waals surface area (Å²) >= 11 is 0. The fraction of sp³-hybridized carbons (Fsp3) is 0.346. The van der Waals surface area contributed by atoms with E-state index in [1.54, 1.807) is 18.2 Å². The number of furan rings is 1. The Bertz CT molecular complexity index is 1300. The van der Waals surface area contributed by atoms with Gasteiger partial charge in [0, 0.05) is 24.0 Å². The fourth-order valence-electron chi connectivity index (χ4n) is 4.87. The van der Waals surface area contributed by atoms with Crippen LogP contribution in [0.1, 0.15) is 49.0 Å². The van der Waals surface area contributed by atoms with Crippen molar-refractivity contribution in [3.63, 3.8) is 0 Å². The zero-order valence-electron chi connectivity index (χ0n) is 18.7. The average Bonchev–Trinajstić information content (AvgIpc) is 3.46. The first-order valence-corrected chi connectivity index (χ1v) is 11.5. The second kappa shape index (κ2) is 9.08. The van der Waals surface area contributed by atoms with Crippen LogP contribution in [0.3, 0.4) is 0 Å². The monoisotopic (exact) mass is 441 g/mol. The topological polar surface area (TPSA) is 78.5 Å². The first kappa shape index (κ1) is 21.2. The fourth-order valence-corrected chi connectivity index (χ4v) is 4.87. The Morgan fingerprint density at radius 3 is 2.97 bits per heavy atom. The Kier molecular flexibility index (Phi) is 5.84. The van der Waals surface area contributed by atoms with Crippen LogP contribution >= 0.6 is 0 Å². The highest BCUT2D eigenvalue weighted by molar-refractivity contribution is 5.95. The van der Waals surface area contributed by atoms with Gasteiger partial charge < -0.3 is 19.6 Å². The minimum Gasteiger partial charge on any atom is -0.460 e. The van der Waals surface area contributed by atoms with Crippen molar-refractivity contribution >= 4 is 33.6 Å². The molecular weight excluding hydrogens is 414 g/mol. The van der Waals surface area contributed by atoms with Gasteiger partial charge in [0.1, 0.15) is 11.3 Å². The molecule has 0 spiro atoms. The summed E-state index contributed by atoms with van der Waals surface area (Å²) in [6.07, 6.45) is 4.06. The van der Waals surface area contributed by atoms with Crippen LogP contribution in [0.4, 0.5) is 5.69 Å². The number of nitrogens with one attached hydrogen (secondary N) is 2. The van der Waals surface area contributed by atoms with Gasteiger partial charge in [0.15, 0.2) is 11.5 Å². The van der Waals surface area contributed by atoms with Crippen LogP contribution in [0.25, 0.3) is 26.8 Å². The molecule has 2 N–H and O–H groups in total. The van der Waals surface area contributed by atoms with Crippen LogP contribution in [0.2, 0.25) is 0 Å². The number of benzene rings is 2. The van der Waals surface area contributed by atoms with E-state index in [2.05, 4.69) is 32.3 Å². The number of aromatic nitrogens is 2. The van der Waals surface area contributed by atoms with Gasteiger partial charge in [-0.25, -0.2) is 9.83 Å². The van der Waals surface area contributed by atoms with E-state index >= 15 is 0 Å². The molecule has 168 valence electrons. The summed E-state index contributed by atoms with van der Waals surface area (Å²) in [5, 5.41) is 4.76. The number of H-pyrrole nitrogens is 1. The molecule has 1 fully saturated rings. The van der Waals surface area contributed by atoms with Gasteiger partial charge >= 0.3 is 0 Å². The van der Waals surface area contributed by atoms with Crippen molar-refractivity contribution in [3.8, 4) is 0 Å². The van der Waals surface area contributed by atoms with E-state index < -0.39 is 0 Å². The van der Waals surface area contributed by atoms with E-state index in [1.807, 2.05) is 30.0 Å². The molecule has 33 heavy (non-hydrogen) atoms. The molecule has 1 aliphatic carbocycles. The number of aromatic amines is 1. The molecule has 7 nitrogen and oxygen atoms in total. The van der Waals surface area contributed by atoms with E-state index in [9.17, 15) is 4.79 Å². The second-order valence-electron chi connectivity index (χ2n) is 8.64. The zero-order valence-corrected chi connectivity index (χ0v) is 18.7. The van der Waals surface area contributed by atoms with E-state index in [1.165, 1.54) is 0 Å². The molecule has 2 aromatic heterocycles. The Morgan fingerprint density at radius 2 is 2.15 bits per heavy atom. The van der Waals surface area contributed by atoms with Crippen LogP contribution < -0.4 is 5.32 Å². The average molecular weight is 442 g/mol. The summed E-state index contributed by atoms with van der Waals surface area (Å²) in [4.78, 5) is 26.3. The normalized spacial score (nSPS) is 18.4. The van der Waals surface area contributed by atoms with Crippen LogP contribution in [-0.4, -0.2) is 39.4 Å². The number of carbonyl (C=O) groups excluding carboxylic acids is 1. The van der Waals surface area contributed by atoms with Crippen molar-refractivity contribution in [2.24, 2.45) is 0 Å². The molecule has 0 aliphatic heterocycles. The standard InChI is InChI=1S/C26H27N5O2/c1-3-31(26(32)25-29-22-12-11-18(27-2)15-23(22)30-25)20-9-6-8-19(14-20)28-16-21-13-17-7-4-5-10-24(17)33-21/h4-5,7,10-13,15,19-20,28H,3,6,8-9,14,16H2,1H3,(H,29,30)/t19-,20+/m1/s1. The Hall–Kier alpha value is -3.63. The number of fused-ring (bicyclic) bond motifs is 2. The molecule has 0 radical (unpaired) electrons. The van der Waals surface area contributed by atoms with Crippen molar-refractivity contribution in [3.05, 3.63) is 71.5 Å². The molecule has 2 atom stereocenters. The van der Waals surface area contributed by atoms with Crippen LogP contribution in [0, 0.1) is 6.57 Å². The summed E-state index contributed by atoms with van der Waals surface area (Å²) in [6, 6.07) is 15.9. The van der Waals surface area contributed by atoms with E-state index in [0.29, 0.717) is 36.2 Å². The van der Waals surface area contributed by atoms with E-state index in [4.69, 9.17) is 11.0 Å². The maximum atomic E-state index is 13.3. The Labute approximate surface area is 192 Å². The lowest BCUT2D eigenvalue weighted by Gasteiger charge is -2.37. The molecule has 5 rings (SSSR count). The molecule has 7 heteroatoms. The predicted molar refractivity (Wildman–Crippen MR) is 128 cm³/mol. The molecule has 0 unspecified atom stereocenters. The molecule has 1 saturated carbocycles. The molecule has 2 heterocycles. The van der Waals surface area contributed by atoms with E-state index in [0.717, 1.165) is 47.9 Å². The van der Waals surface area contributed by atoms with Crippen molar-refractivity contribution in [1.29, 1.82) is 0 Å². The zero-order chi connectivity index (χ0) is 22.8. The second-order valence-corrected chi connectivity index (χ2v) is 8.64. The van der Waals surface area contributed by atoms with Gasteiger partial charge in [0.25, 0.3) is 5.91 Å². The number of hydrogen-bond acceptors (Lipinski definition) is 4. The predicted octanol–water partition coefficient (Wildman–Crippen LogP) is 5.42. The molecular formula is C26H27N5O2. The van der Waals surface area contributed by atoms with Gasteiger partial charge in [-0.15, -0.1) is 0 Å². The Balaban J connectivity index is 1.26. The number of rotatable bonds is 6. The third-order valence-electron chi connectivity index (χ3n) is 6.53. The highest BCUT2D eigenvalue weighted by Gasteiger charge is 2.30. The van der Waals surface area contributed by atoms with Gasteiger partial charge in [-0.1, -0.05) is 24.3 Å². The van der Waals surface area contributed by atoms with Gasteiger partial charge in [-0.2, -0.15) is 0 Å². The molecule has 2 aromatic carbocycles. The number of amides is 1. The van der Waals surface area contributed by atoms with Crippen molar-refractivity contribution in [2.75, 3.05) is 6.54 Å². The Morgan fingerprint density at radius 1 is 1.27 bits per heavy atom. The first-order chi connectivity index (χ1) is 16.1.